The number of likely N-dealkylation sites (tertiary alicyclic amines) is 1. The molecule has 0 radical (unpaired) electrons. The summed E-state index contributed by atoms with van der Waals surface area (Å²) < 4.78 is 6.78. The minimum absolute atomic E-state index is 0.377. The highest BCUT2D eigenvalue weighted by Gasteiger charge is 2.42. The van der Waals surface area contributed by atoms with Crippen LogP contribution in [0.5, 0.6) is 0 Å². The van der Waals surface area contributed by atoms with Gasteiger partial charge in [-0.05, 0) is 47.8 Å². The van der Waals surface area contributed by atoms with Gasteiger partial charge in [0.2, 0.25) is 0 Å². The summed E-state index contributed by atoms with van der Waals surface area (Å²) >= 11 is 5.26. The van der Waals surface area contributed by atoms with Crippen LogP contribution < -0.4 is 5.32 Å². The standard InChI is InChI=1S/C15H22BrN3OS/c1-2-17-14(18-9-12-3-4-13(16)21-12)19-7-5-15(10-19)6-8-20-11-15/h3-4H,2,5-11H2,1H3,(H,17,18). The van der Waals surface area contributed by atoms with Crippen LogP contribution in [0, 0.1) is 5.41 Å². The lowest BCUT2D eigenvalue weighted by Crippen LogP contribution is -2.41. The number of nitrogens with one attached hydrogen (secondary N) is 1. The molecule has 116 valence electrons. The average Bonchev–Trinajstić information content (AvgIpc) is 3.19. The Morgan fingerprint density at radius 3 is 3.10 bits per heavy atom. The normalized spacial score (nSPS) is 26.0. The van der Waals surface area contributed by atoms with Crippen molar-refractivity contribution in [1.29, 1.82) is 0 Å². The minimum atomic E-state index is 0.377. The van der Waals surface area contributed by atoms with Crippen LogP contribution in [0.1, 0.15) is 24.6 Å². The highest BCUT2D eigenvalue weighted by Crippen LogP contribution is 2.38. The van der Waals surface area contributed by atoms with Gasteiger partial charge >= 0.3 is 0 Å². The largest absolute Gasteiger partial charge is 0.381 e. The van der Waals surface area contributed by atoms with Crippen LogP contribution in [0.25, 0.3) is 0 Å². The molecule has 0 bridgehead atoms. The zero-order valence-corrected chi connectivity index (χ0v) is 14.8. The summed E-state index contributed by atoms with van der Waals surface area (Å²) in [5, 5.41) is 3.44. The first-order valence-electron chi connectivity index (χ1n) is 7.56. The minimum Gasteiger partial charge on any atom is -0.381 e. The van der Waals surface area contributed by atoms with E-state index in [2.05, 4.69) is 45.2 Å². The Balaban J connectivity index is 1.66. The van der Waals surface area contributed by atoms with Crippen molar-refractivity contribution < 1.29 is 4.74 Å². The summed E-state index contributed by atoms with van der Waals surface area (Å²) in [5.74, 6) is 1.05. The molecule has 3 rings (SSSR count). The quantitative estimate of drug-likeness (QED) is 0.655. The van der Waals surface area contributed by atoms with E-state index in [1.807, 2.05) is 0 Å². The van der Waals surface area contributed by atoms with Crippen LogP contribution in [0.2, 0.25) is 0 Å². The lowest BCUT2D eigenvalue weighted by molar-refractivity contribution is 0.156. The van der Waals surface area contributed by atoms with Gasteiger partial charge < -0.3 is 15.0 Å². The van der Waals surface area contributed by atoms with E-state index in [0.29, 0.717) is 5.41 Å². The topological polar surface area (TPSA) is 36.9 Å². The van der Waals surface area contributed by atoms with Gasteiger partial charge in [0.15, 0.2) is 5.96 Å². The molecule has 0 aromatic carbocycles. The molecular weight excluding hydrogens is 350 g/mol. The van der Waals surface area contributed by atoms with Crippen molar-refractivity contribution in [2.24, 2.45) is 10.4 Å². The SMILES string of the molecule is CCNC(=NCc1ccc(Br)s1)N1CCC2(CCOC2)C1. The number of rotatable bonds is 3. The molecule has 2 aliphatic rings. The smallest absolute Gasteiger partial charge is 0.194 e. The van der Waals surface area contributed by atoms with E-state index < -0.39 is 0 Å². The highest BCUT2D eigenvalue weighted by molar-refractivity contribution is 9.11. The van der Waals surface area contributed by atoms with E-state index in [1.165, 1.54) is 21.5 Å². The Morgan fingerprint density at radius 1 is 1.52 bits per heavy atom. The van der Waals surface area contributed by atoms with Crippen LogP contribution in [0.4, 0.5) is 0 Å². The number of hydrogen-bond acceptors (Lipinski definition) is 3. The molecule has 4 nitrogen and oxygen atoms in total. The van der Waals surface area contributed by atoms with E-state index in [4.69, 9.17) is 9.73 Å². The fraction of sp³-hybridized carbons (Fsp3) is 0.667. The predicted molar refractivity (Wildman–Crippen MR) is 90.9 cm³/mol. The Hall–Kier alpha value is -0.590. The van der Waals surface area contributed by atoms with Crippen molar-refractivity contribution in [3.8, 4) is 0 Å². The molecule has 1 unspecified atom stereocenters. The number of halogens is 1. The second kappa shape index (κ2) is 6.67. The summed E-state index contributed by atoms with van der Waals surface area (Å²) in [5.41, 5.74) is 0.377. The van der Waals surface area contributed by atoms with Crippen molar-refractivity contribution in [3.05, 3.63) is 20.8 Å². The van der Waals surface area contributed by atoms with Gasteiger partial charge in [0, 0.05) is 36.5 Å². The van der Waals surface area contributed by atoms with Gasteiger partial charge in [0.1, 0.15) is 0 Å². The molecule has 2 fully saturated rings. The maximum atomic E-state index is 5.61. The lowest BCUT2D eigenvalue weighted by Gasteiger charge is -2.24. The van der Waals surface area contributed by atoms with E-state index in [-0.39, 0.29) is 0 Å². The first kappa shape index (κ1) is 15.3. The first-order valence-corrected chi connectivity index (χ1v) is 9.17. The molecule has 6 heteroatoms. The molecule has 21 heavy (non-hydrogen) atoms. The van der Waals surface area contributed by atoms with Crippen molar-refractivity contribution >= 4 is 33.2 Å². The van der Waals surface area contributed by atoms with Crippen LogP contribution in [0.3, 0.4) is 0 Å². The van der Waals surface area contributed by atoms with E-state index in [1.54, 1.807) is 11.3 Å². The molecule has 1 atom stereocenters. The van der Waals surface area contributed by atoms with E-state index in [0.717, 1.165) is 45.4 Å². The molecule has 0 saturated carbocycles. The molecule has 0 amide bonds. The molecule has 3 heterocycles. The summed E-state index contributed by atoms with van der Waals surface area (Å²) in [4.78, 5) is 8.50. The van der Waals surface area contributed by atoms with Crippen molar-refractivity contribution in [1.82, 2.24) is 10.2 Å². The number of guanidine groups is 1. The Labute approximate surface area is 138 Å². The van der Waals surface area contributed by atoms with Gasteiger partial charge in [-0.25, -0.2) is 4.99 Å². The molecule has 1 aromatic rings. The predicted octanol–water partition coefficient (Wildman–Crippen LogP) is 3.09. The summed E-state index contributed by atoms with van der Waals surface area (Å²) in [6, 6.07) is 4.22. The number of thiophene rings is 1. The van der Waals surface area contributed by atoms with Crippen molar-refractivity contribution in [3.63, 3.8) is 0 Å². The Morgan fingerprint density at radius 2 is 2.43 bits per heavy atom. The van der Waals surface area contributed by atoms with Gasteiger partial charge in [-0.3, -0.25) is 0 Å². The number of aliphatic imine (C=N–C) groups is 1. The molecular formula is C15H22BrN3OS. The van der Waals surface area contributed by atoms with Gasteiger partial charge in [0.25, 0.3) is 0 Å². The van der Waals surface area contributed by atoms with E-state index in [9.17, 15) is 0 Å². The van der Waals surface area contributed by atoms with Gasteiger partial charge in [-0.15, -0.1) is 11.3 Å². The second-order valence-electron chi connectivity index (χ2n) is 5.85. The van der Waals surface area contributed by atoms with Crippen LogP contribution >= 0.6 is 27.3 Å². The summed E-state index contributed by atoms with van der Waals surface area (Å²) in [6.07, 6.45) is 2.42. The maximum absolute atomic E-state index is 5.61. The monoisotopic (exact) mass is 371 g/mol. The molecule has 1 N–H and O–H groups in total. The summed E-state index contributed by atoms with van der Waals surface area (Å²) in [6.45, 7) is 7.79. The van der Waals surface area contributed by atoms with Crippen LogP contribution in [-0.4, -0.2) is 43.7 Å². The maximum Gasteiger partial charge on any atom is 0.194 e. The molecule has 2 saturated heterocycles. The van der Waals surface area contributed by atoms with E-state index >= 15 is 0 Å². The molecule has 1 spiro atoms. The first-order chi connectivity index (χ1) is 10.2. The van der Waals surface area contributed by atoms with Crippen molar-refractivity contribution in [2.45, 2.75) is 26.3 Å². The fourth-order valence-electron chi connectivity index (χ4n) is 3.10. The second-order valence-corrected chi connectivity index (χ2v) is 8.40. The summed E-state index contributed by atoms with van der Waals surface area (Å²) in [7, 11) is 0. The lowest BCUT2D eigenvalue weighted by atomic mass is 9.87. The molecule has 1 aromatic heterocycles. The fourth-order valence-corrected chi connectivity index (χ4v) is 4.51. The zero-order chi connectivity index (χ0) is 14.7. The van der Waals surface area contributed by atoms with Gasteiger partial charge in [-0.2, -0.15) is 0 Å². The van der Waals surface area contributed by atoms with Crippen LogP contribution in [-0.2, 0) is 11.3 Å². The van der Waals surface area contributed by atoms with Gasteiger partial charge in [0.05, 0.1) is 16.9 Å². The highest BCUT2D eigenvalue weighted by atomic mass is 79.9. The number of nitrogens with zero attached hydrogens (tertiary/aromatic N) is 2. The Kier molecular flexibility index (Phi) is 4.86. The number of hydrogen-bond donors (Lipinski definition) is 1. The van der Waals surface area contributed by atoms with Crippen molar-refractivity contribution in [2.75, 3.05) is 32.8 Å². The zero-order valence-electron chi connectivity index (χ0n) is 12.4. The number of ether oxygens (including phenoxy) is 1. The van der Waals surface area contributed by atoms with Gasteiger partial charge in [-0.1, -0.05) is 0 Å². The molecule has 2 aliphatic heterocycles. The third-order valence-electron chi connectivity index (χ3n) is 4.27. The Bertz CT molecular complexity index is 511. The third kappa shape index (κ3) is 3.60. The average molecular weight is 372 g/mol. The van der Waals surface area contributed by atoms with Crippen LogP contribution in [0.15, 0.2) is 20.9 Å². The third-order valence-corrected chi connectivity index (χ3v) is 5.88. The molecule has 0 aliphatic carbocycles.